The van der Waals surface area contributed by atoms with Crippen LogP contribution in [-0.2, 0) is 19.1 Å². The molecule has 0 unspecified atom stereocenters. The average Bonchev–Trinajstić information content (AvgIpc) is 3.34. The van der Waals surface area contributed by atoms with E-state index in [9.17, 15) is 19.8 Å². The Morgan fingerprint density at radius 1 is 0.304 bits per heavy atom. The summed E-state index contributed by atoms with van der Waals surface area (Å²) in [6, 6.07) is 0. The van der Waals surface area contributed by atoms with Gasteiger partial charge in [-0.1, -0.05) is 195 Å². The molecule has 8 nitrogen and oxygen atoms in total. The highest BCUT2D eigenvalue weighted by molar-refractivity contribution is 5.69. The Kier molecular flexibility index (Phi) is 55.1. The van der Waals surface area contributed by atoms with E-state index in [1.165, 1.54) is 193 Å². The van der Waals surface area contributed by atoms with Gasteiger partial charge in [-0.2, -0.15) is 0 Å². The van der Waals surface area contributed by atoms with Crippen LogP contribution < -0.4 is 0 Å². The summed E-state index contributed by atoms with van der Waals surface area (Å²) in [5.74, 6) is 0.0483. The first-order valence-corrected chi connectivity index (χ1v) is 31.0. The predicted molar refractivity (Wildman–Crippen MR) is 297 cm³/mol. The van der Waals surface area contributed by atoms with E-state index in [2.05, 4.69) is 37.5 Å². The van der Waals surface area contributed by atoms with Crippen LogP contribution in [0.3, 0.4) is 0 Å². The third kappa shape index (κ3) is 50.1. The molecule has 0 amide bonds. The number of ether oxygens (including phenoxy) is 2. The molecule has 412 valence electrons. The van der Waals surface area contributed by atoms with E-state index in [0.29, 0.717) is 12.8 Å². The third-order valence-electron chi connectivity index (χ3n) is 14.5. The number of aliphatic hydroxyl groups excluding tert-OH is 2. The van der Waals surface area contributed by atoms with E-state index in [-0.39, 0.29) is 37.4 Å². The zero-order chi connectivity index (χ0) is 50.4. The Morgan fingerprint density at radius 2 is 0.536 bits per heavy atom. The fourth-order valence-corrected chi connectivity index (χ4v) is 9.98. The molecule has 0 saturated heterocycles. The van der Waals surface area contributed by atoms with Crippen LogP contribution in [-0.4, -0.2) is 96.6 Å². The summed E-state index contributed by atoms with van der Waals surface area (Å²) >= 11 is 0. The van der Waals surface area contributed by atoms with Crippen molar-refractivity contribution in [1.29, 1.82) is 0 Å². The summed E-state index contributed by atoms with van der Waals surface area (Å²) in [6.07, 6.45) is 52.3. The first-order valence-electron chi connectivity index (χ1n) is 31.0. The SMILES string of the molecule is CCCCCCCCC(CCCCCCCC)OC(=O)CCCCCCCN(CCCCCCCC(=O)OC(CCCCCCCC)CCCCCCCC)CCCN(CCCCO)CCCCO. The van der Waals surface area contributed by atoms with Crippen LogP contribution in [0.25, 0.3) is 0 Å². The normalized spacial score (nSPS) is 11.9. The van der Waals surface area contributed by atoms with Gasteiger partial charge in [-0.05, 0) is 148 Å². The van der Waals surface area contributed by atoms with Gasteiger partial charge in [0.2, 0.25) is 0 Å². The van der Waals surface area contributed by atoms with Crippen LogP contribution in [0.4, 0.5) is 0 Å². The maximum Gasteiger partial charge on any atom is 0.306 e. The van der Waals surface area contributed by atoms with E-state index in [1.807, 2.05) is 0 Å². The van der Waals surface area contributed by atoms with Gasteiger partial charge in [0.1, 0.15) is 12.2 Å². The summed E-state index contributed by atoms with van der Waals surface area (Å²) in [5.41, 5.74) is 0. The van der Waals surface area contributed by atoms with Crippen LogP contribution >= 0.6 is 0 Å². The monoisotopic (exact) mass is 979 g/mol. The summed E-state index contributed by atoms with van der Waals surface area (Å²) in [5, 5.41) is 18.7. The maximum atomic E-state index is 13.0. The number of rotatable bonds is 58. The van der Waals surface area contributed by atoms with Crippen molar-refractivity contribution in [1.82, 2.24) is 9.80 Å². The zero-order valence-electron chi connectivity index (χ0n) is 47.1. The molecule has 0 aliphatic carbocycles. The second kappa shape index (κ2) is 56.1. The zero-order valence-corrected chi connectivity index (χ0v) is 47.1. The Balaban J connectivity index is 4.90. The Labute approximate surface area is 430 Å². The van der Waals surface area contributed by atoms with Gasteiger partial charge in [0.25, 0.3) is 0 Å². The molecule has 0 aromatic carbocycles. The fourth-order valence-electron chi connectivity index (χ4n) is 9.98. The molecular weight excluding hydrogens is 857 g/mol. The molecule has 0 atom stereocenters. The molecule has 0 aliphatic heterocycles. The van der Waals surface area contributed by atoms with E-state index < -0.39 is 0 Å². The Morgan fingerprint density at radius 3 is 0.826 bits per heavy atom. The van der Waals surface area contributed by atoms with Crippen LogP contribution in [0.5, 0.6) is 0 Å². The van der Waals surface area contributed by atoms with Crippen molar-refractivity contribution in [3.63, 3.8) is 0 Å². The lowest BCUT2D eigenvalue weighted by Crippen LogP contribution is -2.32. The first kappa shape index (κ1) is 67.8. The number of hydrogen-bond acceptors (Lipinski definition) is 8. The smallest absolute Gasteiger partial charge is 0.306 e. The lowest BCUT2D eigenvalue weighted by Gasteiger charge is -2.26. The van der Waals surface area contributed by atoms with Crippen molar-refractivity contribution in [3.05, 3.63) is 0 Å². The third-order valence-corrected chi connectivity index (χ3v) is 14.5. The number of carbonyl (C=O) groups excluding carboxylic acids is 2. The van der Waals surface area contributed by atoms with Gasteiger partial charge in [-0.3, -0.25) is 9.59 Å². The Bertz CT molecular complexity index is 924. The van der Waals surface area contributed by atoms with Crippen molar-refractivity contribution in [2.45, 2.75) is 329 Å². The highest BCUT2D eigenvalue weighted by Gasteiger charge is 2.16. The highest BCUT2D eigenvalue weighted by atomic mass is 16.5. The molecule has 0 aromatic rings. The quantitative estimate of drug-likeness (QED) is 0.0459. The lowest BCUT2D eigenvalue weighted by atomic mass is 10.0. The summed E-state index contributed by atoms with van der Waals surface area (Å²) < 4.78 is 12.2. The van der Waals surface area contributed by atoms with Gasteiger partial charge < -0.3 is 29.5 Å². The molecule has 0 saturated carbocycles. The first-order chi connectivity index (χ1) is 33.9. The fraction of sp³-hybridized carbons (Fsp3) is 0.967. The van der Waals surface area contributed by atoms with Crippen molar-refractivity contribution < 1.29 is 29.3 Å². The Hall–Kier alpha value is -1.22. The minimum absolute atomic E-state index is 0.0242. The van der Waals surface area contributed by atoms with Gasteiger partial charge in [0.15, 0.2) is 0 Å². The van der Waals surface area contributed by atoms with Crippen molar-refractivity contribution in [2.24, 2.45) is 0 Å². The van der Waals surface area contributed by atoms with Gasteiger partial charge in [-0.15, -0.1) is 0 Å². The molecular formula is C61H122N2O6. The number of aliphatic hydroxyl groups is 2. The second-order valence-corrected chi connectivity index (χ2v) is 21.4. The van der Waals surface area contributed by atoms with Crippen LogP contribution in [0, 0.1) is 0 Å². The topological polar surface area (TPSA) is 99.5 Å². The molecule has 0 spiro atoms. The maximum absolute atomic E-state index is 13.0. The molecule has 0 aromatic heterocycles. The molecule has 8 heteroatoms. The van der Waals surface area contributed by atoms with Crippen molar-refractivity contribution in [3.8, 4) is 0 Å². The van der Waals surface area contributed by atoms with Gasteiger partial charge in [0, 0.05) is 26.1 Å². The number of hydrogen-bond donors (Lipinski definition) is 2. The molecule has 0 heterocycles. The minimum atomic E-state index is 0.0242. The van der Waals surface area contributed by atoms with E-state index in [1.54, 1.807) is 0 Å². The number of carbonyl (C=O) groups is 2. The standard InChI is InChI=1S/C61H122N2O6/c1-5-9-13-17-23-31-44-58(45-32-24-18-14-10-6-2)68-60(66)48-35-27-21-29-37-50-62(54-43-55-63(52-39-41-56-64)53-40-42-57-65)51-38-30-22-28-36-49-61(67)69-59(46-33-25-19-15-11-7-3)47-34-26-20-16-12-8-4/h58-59,64-65H,5-57H2,1-4H3. The van der Waals surface area contributed by atoms with Crippen molar-refractivity contribution in [2.75, 3.05) is 52.5 Å². The average molecular weight is 980 g/mol. The molecule has 0 rings (SSSR count). The van der Waals surface area contributed by atoms with Crippen molar-refractivity contribution >= 4 is 11.9 Å². The summed E-state index contributed by atoms with van der Waals surface area (Å²) in [7, 11) is 0. The van der Waals surface area contributed by atoms with E-state index >= 15 is 0 Å². The molecule has 69 heavy (non-hydrogen) atoms. The largest absolute Gasteiger partial charge is 0.462 e. The molecule has 0 aliphatic rings. The number of unbranched alkanes of at least 4 members (excludes halogenated alkanes) is 30. The van der Waals surface area contributed by atoms with Gasteiger partial charge in [0.05, 0.1) is 0 Å². The second-order valence-electron chi connectivity index (χ2n) is 21.4. The molecule has 0 radical (unpaired) electrons. The van der Waals surface area contributed by atoms with Crippen LogP contribution in [0.2, 0.25) is 0 Å². The van der Waals surface area contributed by atoms with Gasteiger partial charge >= 0.3 is 11.9 Å². The highest BCUT2D eigenvalue weighted by Crippen LogP contribution is 2.21. The van der Waals surface area contributed by atoms with Gasteiger partial charge in [-0.25, -0.2) is 0 Å². The van der Waals surface area contributed by atoms with E-state index in [0.717, 1.165) is 123 Å². The van der Waals surface area contributed by atoms with E-state index in [4.69, 9.17) is 9.47 Å². The van der Waals surface area contributed by atoms with Crippen LogP contribution in [0.1, 0.15) is 317 Å². The number of esters is 2. The summed E-state index contributed by atoms with van der Waals surface area (Å²) in [6.45, 7) is 16.0. The predicted octanol–water partition coefficient (Wildman–Crippen LogP) is 17.0. The minimum Gasteiger partial charge on any atom is -0.462 e. The lowest BCUT2D eigenvalue weighted by molar-refractivity contribution is -0.151. The van der Waals surface area contributed by atoms with Crippen LogP contribution in [0.15, 0.2) is 0 Å². The summed E-state index contributed by atoms with van der Waals surface area (Å²) in [4.78, 5) is 31.2. The molecule has 0 bridgehead atoms. The number of nitrogens with zero attached hydrogens (tertiary/aromatic N) is 2. The molecule has 2 N–H and O–H groups in total. The molecule has 0 fully saturated rings.